The lowest BCUT2D eigenvalue weighted by molar-refractivity contribution is -0.117. The molecule has 0 atom stereocenters. The van der Waals surface area contributed by atoms with Gasteiger partial charge in [-0.1, -0.05) is 13.0 Å². The predicted octanol–water partition coefficient (Wildman–Crippen LogP) is 1.61. The maximum atomic E-state index is 12.0. The van der Waals surface area contributed by atoms with Crippen LogP contribution in [0.1, 0.15) is 26.3 Å². The van der Waals surface area contributed by atoms with Gasteiger partial charge in [-0.15, -0.1) is 0 Å². The highest BCUT2D eigenvalue weighted by Gasteiger charge is 2.19. The summed E-state index contributed by atoms with van der Waals surface area (Å²) in [4.78, 5) is 13.9. The third-order valence-electron chi connectivity index (χ3n) is 2.91. The van der Waals surface area contributed by atoms with Crippen LogP contribution in [-0.4, -0.2) is 41.1 Å². The van der Waals surface area contributed by atoms with Gasteiger partial charge in [-0.05, 0) is 45.0 Å². The third-order valence-corrected chi connectivity index (χ3v) is 2.91. The molecule has 0 aliphatic heterocycles. The number of likely N-dealkylation sites (N-methyl/N-ethyl adjacent to an activating group) is 1. The van der Waals surface area contributed by atoms with Gasteiger partial charge in [-0.25, -0.2) is 0 Å². The summed E-state index contributed by atoms with van der Waals surface area (Å²) in [5, 5.41) is 12.6. The fraction of sp³-hybridized carbons (Fsp3) is 0.533. The molecule has 1 rings (SSSR count). The van der Waals surface area contributed by atoms with Crippen LogP contribution in [0.2, 0.25) is 0 Å². The number of hydrogen-bond donors (Lipinski definition) is 3. The van der Waals surface area contributed by atoms with E-state index in [0.29, 0.717) is 24.5 Å². The molecule has 20 heavy (non-hydrogen) atoms. The van der Waals surface area contributed by atoms with Crippen molar-refractivity contribution in [1.29, 1.82) is 0 Å². The zero-order valence-electron chi connectivity index (χ0n) is 12.7. The Balaban J connectivity index is 2.62. The van der Waals surface area contributed by atoms with Gasteiger partial charge in [0.25, 0.3) is 0 Å². The molecule has 0 saturated heterocycles. The number of nitrogens with zero attached hydrogens (tertiary/aromatic N) is 1. The van der Waals surface area contributed by atoms with Crippen molar-refractivity contribution in [2.24, 2.45) is 0 Å². The van der Waals surface area contributed by atoms with Gasteiger partial charge in [0.1, 0.15) is 0 Å². The van der Waals surface area contributed by atoms with Crippen LogP contribution in [0.3, 0.4) is 0 Å². The second-order valence-corrected chi connectivity index (χ2v) is 5.75. The third kappa shape index (κ3) is 5.59. The summed E-state index contributed by atoms with van der Waals surface area (Å²) in [5.41, 5.74) is 7.28. The summed E-state index contributed by atoms with van der Waals surface area (Å²) in [7, 11) is 0. The number of aliphatic hydroxyl groups is 1. The molecule has 0 aromatic heterocycles. The Labute approximate surface area is 120 Å². The molecule has 0 bridgehead atoms. The van der Waals surface area contributed by atoms with Crippen molar-refractivity contribution >= 4 is 17.3 Å². The highest BCUT2D eigenvalue weighted by molar-refractivity contribution is 5.95. The van der Waals surface area contributed by atoms with E-state index in [2.05, 4.69) is 5.32 Å². The Kier molecular flexibility index (Phi) is 5.53. The van der Waals surface area contributed by atoms with Gasteiger partial charge in [0.2, 0.25) is 5.91 Å². The second kappa shape index (κ2) is 6.72. The number of hydrogen-bond acceptors (Lipinski definition) is 4. The molecule has 4 N–H and O–H groups in total. The Morgan fingerprint density at radius 2 is 2.10 bits per heavy atom. The molecule has 0 aliphatic rings. The average Bonchev–Trinajstić information content (AvgIpc) is 2.30. The number of aryl methyl sites for hydroxylation is 1. The van der Waals surface area contributed by atoms with E-state index >= 15 is 0 Å². The first-order valence-corrected chi connectivity index (χ1v) is 6.82. The fourth-order valence-electron chi connectivity index (χ4n) is 2.02. The summed E-state index contributed by atoms with van der Waals surface area (Å²) in [6.45, 7) is 8.73. The van der Waals surface area contributed by atoms with Crippen molar-refractivity contribution in [3.05, 3.63) is 23.8 Å². The number of amides is 1. The minimum Gasteiger partial charge on any atom is -0.397 e. The number of nitrogen functional groups attached to an aromatic ring is 1. The fourth-order valence-corrected chi connectivity index (χ4v) is 2.02. The van der Waals surface area contributed by atoms with E-state index in [1.54, 1.807) is 19.9 Å². The first-order valence-electron chi connectivity index (χ1n) is 6.82. The lowest BCUT2D eigenvalue weighted by atomic mass is 10.1. The Morgan fingerprint density at radius 3 is 2.60 bits per heavy atom. The van der Waals surface area contributed by atoms with E-state index in [0.717, 1.165) is 5.56 Å². The molecule has 1 amide bonds. The molecule has 0 saturated carbocycles. The second-order valence-electron chi connectivity index (χ2n) is 5.75. The molecule has 1 aromatic carbocycles. The van der Waals surface area contributed by atoms with Crippen LogP contribution in [0.25, 0.3) is 0 Å². The minimum absolute atomic E-state index is 0.133. The van der Waals surface area contributed by atoms with Crippen molar-refractivity contribution in [1.82, 2.24) is 4.90 Å². The Hall–Kier alpha value is -1.59. The molecular weight excluding hydrogens is 254 g/mol. The molecule has 0 aliphatic carbocycles. The molecule has 5 heteroatoms. The van der Waals surface area contributed by atoms with Crippen LogP contribution in [-0.2, 0) is 4.79 Å². The first-order chi connectivity index (χ1) is 9.21. The van der Waals surface area contributed by atoms with Gasteiger partial charge in [-0.3, -0.25) is 9.69 Å². The maximum Gasteiger partial charge on any atom is 0.238 e. The molecular formula is C15H25N3O2. The van der Waals surface area contributed by atoms with E-state index < -0.39 is 5.60 Å². The van der Waals surface area contributed by atoms with Gasteiger partial charge >= 0.3 is 0 Å². The molecule has 0 radical (unpaired) electrons. The highest BCUT2D eigenvalue weighted by atomic mass is 16.3. The van der Waals surface area contributed by atoms with Gasteiger partial charge in [0.15, 0.2) is 0 Å². The first kappa shape index (κ1) is 16.5. The topological polar surface area (TPSA) is 78.6 Å². The molecule has 0 unspecified atom stereocenters. The standard InChI is InChI=1S/C15H25N3O2/c1-5-18(10-15(3,4)20)9-14(19)17-13-7-6-11(2)8-12(13)16/h6-8,20H,5,9-10,16H2,1-4H3,(H,17,19). The monoisotopic (exact) mass is 279 g/mol. The normalized spacial score (nSPS) is 11.7. The molecule has 0 fully saturated rings. The van der Waals surface area contributed by atoms with Crippen molar-refractivity contribution in [2.45, 2.75) is 33.3 Å². The number of nitrogens with two attached hydrogens (primary N) is 1. The Bertz CT molecular complexity index is 467. The van der Waals surface area contributed by atoms with Crippen molar-refractivity contribution in [3.8, 4) is 0 Å². The van der Waals surface area contributed by atoms with Crippen LogP contribution in [0.4, 0.5) is 11.4 Å². The average molecular weight is 279 g/mol. The van der Waals surface area contributed by atoms with Crippen LogP contribution < -0.4 is 11.1 Å². The number of nitrogens with one attached hydrogen (secondary N) is 1. The molecule has 0 heterocycles. The van der Waals surface area contributed by atoms with Gasteiger partial charge < -0.3 is 16.2 Å². The van der Waals surface area contributed by atoms with Crippen LogP contribution in [0, 0.1) is 6.92 Å². The van der Waals surface area contributed by atoms with E-state index in [1.165, 1.54) is 0 Å². The van der Waals surface area contributed by atoms with Crippen LogP contribution in [0.5, 0.6) is 0 Å². The summed E-state index contributed by atoms with van der Waals surface area (Å²) in [6, 6.07) is 5.53. The number of carbonyl (C=O) groups excluding carboxylic acids is 1. The smallest absolute Gasteiger partial charge is 0.238 e. The largest absolute Gasteiger partial charge is 0.397 e. The number of benzene rings is 1. The van der Waals surface area contributed by atoms with Crippen molar-refractivity contribution in [2.75, 3.05) is 30.7 Å². The zero-order chi connectivity index (χ0) is 15.3. The van der Waals surface area contributed by atoms with Gasteiger partial charge in [0, 0.05) is 6.54 Å². The van der Waals surface area contributed by atoms with Crippen LogP contribution >= 0.6 is 0 Å². The van der Waals surface area contributed by atoms with E-state index in [-0.39, 0.29) is 12.5 Å². The lowest BCUT2D eigenvalue weighted by Gasteiger charge is -2.27. The quantitative estimate of drug-likeness (QED) is 0.691. The SMILES string of the molecule is CCN(CC(=O)Nc1ccc(C)cc1N)CC(C)(C)O. The molecule has 0 spiro atoms. The summed E-state index contributed by atoms with van der Waals surface area (Å²) in [6.07, 6.45) is 0. The molecule has 5 nitrogen and oxygen atoms in total. The molecule has 112 valence electrons. The number of anilines is 2. The lowest BCUT2D eigenvalue weighted by Crippen LogP contribution is -2.42. The van der Waals surface area contributed by atoms with E-state index in [4.69, 9.17) is 5.73 Å². The summed E-state index contributed by atoms with van der Waals surface area (Å²) < 4.78 is 0. The summed E-state index contributed by atoms with van der Waals surface area (Å²) in [5.74, 6) is -0.133. The van der Waals surface area contributed by atoms with Crippen molar-refractivity contribution in [3.63, 3.8) is 0 Å². The minimum atomic E-state index is -0.820. The summed E-state index contributed by atoms with van der Waals surface area (Å²) >= 11 is 0. The van der Waals surface area contributed by atoms with Gasteiger partial charge in [-0.2, -0.15) is 0 Å². The number of rotatable bonds is 6. The molecule has 1 aromatic rings. The van der Waals surface area contributed by atoms with Crippen molar-refractivity contribution < 1.29 is 9.90 Å². The maximum absolute atomic E-state index is 12.0. The highest BCUT2D eigenvalue weighted by Crippen LogP contribution is 2.19. The van der Waals surface area contributed by atoms with Gasteiger partial charge in [0.05, 0.1) is 23.5 Å². The predicted molar refractivity (Wildman–Crippen MR) is 82.6 cm³/mol. The van der Waals surface area contributed by atoms with E-state index in [1.807, 2.05) is 30.9 Å². The Morgan fingerprint density at radius 1 is 1.45 bits per heavy atom. The zero-order valence-corrected chi connectivity index (χ0v) is 12.7. The van der Waals surface area contributed by atoms with Crippen LogP contribution in [0.15, 0.2) is 18.2 Å². The van der Waals surface area contributed by atoms with E-state index in [9.17, 15) is 9.90 Å². The number of carbonyl (C=O) groups is 1.